The molecular weight excluding hydrogens is 208 g/mol. The molecule has 2 bridgehead atoms. The van der Waals surface area contributed by atoms with Crippen LogP contribution in [0.2, 0.25) is 0 Å². The van der Waals surface area contributed by atoms with Gasteiger partial charge in [-0.1, -0.05) is 19.9 Å². The highest BCUT2D eigenvalue weighted by atomic mass is 16.6. The quantitative estimate of drug-likeness (QED) is 0.683. The third-order valence-corrected chi connectivity index (χ3v) is 3.24. The fourth-order valence-corrected chi connectivity index (χ4v) is 1.90. The van der Waals surface area contributed by atoms with Gasteiger partial charge < -0.3 is 9.47 Å². The molecule has 88 valence electrons. The zero-order chi connectivity index (χ0) is 11.7. The molecule has 3 atom stereocenters. The van der Waals surface area contributed by atoms with Gasteiger partial charge >= 0.3 is 11.9 Å². The lowest BCUT2D eigenvalue weighted by atomic mass is 9.97. The number of fused-ring (bicyclic) bond motifs is 2. The third-order valence-electron chi connectivity index (χ3n) is 3.24. The monoisotopic (exact) mass is 224 g/mol. The minimum absolute atomic E-state index is 0.0949. The lowest BCUT2D eigenvalue weighted by Crippen LogP contribution is -2.33. The standard InChI is InChI=1S/C12H16O4/c1-3-7(2)11(13)15-9-5-4-8-6-10(9)16-12(8)14/h4,7,9-10H,3,5-6H2,1-2H3. The molecule has 3 unspecified atom stereocenters. The number of carbonyl (C=O) groups excluding carboxylic acids is 2. The molecule has 1 heterocycles. The highest BCUT2D eigenvalue weighted by Crippen LogP contribution is 2.31. The van der Waals surface area contributed by atoms with Gasteiger partial charge in [0.15, 0.2) is 0 Å². The van der Waals surface area contributed by atoms with Crippen molar-refractivity contribution in [2.45, 2.75) is 45.3 Å². The van der Waals surface area contributed by atoms with Crippen molar-refractivity contribution < 1.29 is 19.1 Å². The van der Waals surface area contributed by atoms with Crippen LogP contribution in [0.4, 0.5) is 0 Å². The highest BCUT2D eigenvalue weighted by Gasteiger charge is 2.40. The van der Waals surface area contributed by atoms with Crippen molar-refractivity contribution in [3.63, 3.8) is 0 Å². The molecule has 16 heavy (non-hydrogen) atoms. The topological polar surface area (TPSA) is 52.6 Å². The molecule has 4 heteroatoms. The third kappa shape index (κ3) is 1.96. The first-order valence-corrected chi connectivity index (χ1v) is 5.72. The van der Waals surface area contributed by atoms with E-state index in [9.17, 15) is 9.59 Å². The number of rotatable bonds is 3. The van der Waals surface area contributed by atoms with Crippen LogP contribution in [0.25, 0.3) is 0 Å². The lowest BCUT2D eigenvalue weighted by Gasteiger charge is -2.24. The van der Waals surface area contributed by atoms with Crippen molar-refractivity contribution in [3.8, 4) is 0 Å². The Kier molecular flexibility index (Phi) is 2.99. The summed E-state index contributed by atoms with van der Waals surface area (Å²) in [4.78, 5) is 22.9. The van der Waals surface area contributed by atoms with Gasteiger partial charge in [-0.05, 0) is 6.42 Å². The number of esters is 2. The first-order chi connectivity index (χ1) is 7.61. The molecule has 4 nitrogen and oxygen atoms in total. The molecule has 0 aromatic heterocycles. The Morgan fingerprint density at radius 2 is 2.44 bits per heavy atom. The Balaban J connectivity index is 1.96. The number of carbonyl (C=O) groups is 2. The molecule has 0 aromatic carbocycles. The Bertz CT molecular complexity index is 345. The minimum atomic E-state index is -0.295. The normalized spacial score (nSPS) is 29.4. The van der Waals surface area contributed by atoms with Crippen molar-refractivity contribution in [1.29, 1.82) is 0 Å². The number of hydrogen-bond acceptors (Lipinski definition) is 4. The summed E-state index contributed by atoms with van der Waals surface area (Å²) in [6, 6.07) is 0. The molecule has 1 aliphatic heterocycles. The maximum Gasteiger partial charge on any atom is 0.334 e. The van der Waals surface area contributed by atoms with Crippen molar-refractivity contribution in [1.82, 2.24) is 0 Å². The molecule has 0 radical (unpaired) electrons. The van der Waals surface area contributed by atoms with E-state index in [4.69, 9.17) is 9.47 Å². The Morgan fingerprint density at radius 1 is 1.69 bits per heavy atom. The van der Waals surface area contributed by atoms with Crippen LogP contribution >= 0.6 is 0 Å². The molecule has 0 aromatic rings. The highest BCUT2D eigenvalue weighted by molar-refractivity contribution is 5.91. The molecule has 2 rings (SSSR count). The molecule has 1 fully saturated rings. The van der Waals surface area contributed by atoms with E-state index in [0.29, 0.717) is 12.8 Å². The summed E-state index contributed by atoms with van der Waals surface area (Å²) in [5.41, 5.74) is 0.723. The average Bonchev–Trinajstić information content (AvgIpc) is 2.58. The molecule has 0 saturated carbocycles. The second kappa shape index (κ2) is 4.28. The molecule has 2 aliphatic rings. The lowest BCUT2D eigenvalue weighted by molar-refractivity contribution is -0.163. The predicted molar refractivity (Wildman–Crippen MR) is 56.5 cm³/mol. The van der Waals surface area contributed by atoms with E-state index in [1.807, 2.05) is 19.9 Å². The van der Waals surface area contributed by atoms with Crippen molar-refractivity contribution in [2.75, 3.05) is 0 Å². The first-order valence-electron chi connectivity index (χ1n) is 5.72. The van der Waals surface area contributed by atoms with Crippen LogP contribution in [0.1, 0.15) is 33.1 Å². The van der Waals surface area contributed by atoms with Crippen molar-refractivity contribution in [2.24, 2.45) is 5.92 Å². The zero-order valence-corrected chi connectivity index (χ0v) is 9.56. The number of hydrogen-bond donors (Lipinski definition) is 0. The predicted octanol–water partition coefficient (Wildman–Crippen LogP) is 1.59. The van der Waals surface area contributed by atoms with Gasteiger partial charge in [-0.3, -0.25) is 4.79 Å². The van der Waals surface area contributed by atoms with E-state index >= 15 is 0 Å². The summed E-state index contributed by atoms with van der Waals surface area (Å²) in [6.45, 7) is 3.79. The van der Waals surface area contributed by atoms with E-state index < -0.39 is 0 Å². The Morgan fingerprint density at radius 3 is 3.12 bits per heavy atom. The van der Waals surface area contributed by atoms with Crippen molar-refractivity contribution >= 4 is 11.9 Å². The van der Waals surface area contributed by atoms with Crippen LogP contribution in [-0.4, -0.2) is 24.1 Å². The van der Waals surface area contributed by atoms with Gasteiger partial charge in [0.05, 0.1) is 5.92 Å². The van der Waals surface area contributed by atoms with E-state index in [0.717, 1.165) is 12.0 Å². The van der Waals surface area contributed by atoms with Crippen LogP contribution in [0.5, 0.6) is 0 Å². The van der Waals surface area contributed by atoms with Gasteiger partial charge in [-0.15, -0.1) is 0 Å². The van der Waals surface area contributed by atoms with Gasteiger partial charge in [0.25, 0.3) is 0 Å². The SMILES string of the molecule is CCC(C)C(=O)OC1CC=C2CC1OC2=O. The summed E-state index contributed by atoms with van der Waals surface area (Å²) < 4.78 is 10.5. The Hall–Kier alpha value is -1.32. The molecule has 0 amide bonds. The van der Waals surface area contributed by atoms with Gasteiger partial charge in [-0.25, -0.2) is 4.79 Å². The summed E-state index contributed by atoms with van der Waals surface area (Å²) in [5, 5.41) is 0. The van der Waals surface area contributed by atoms with Gasteiger partial charge in [0, 0.05) is 18.4 Å². The maximum atomic E-state index is 11.6. The molecule has 1 saturated heterocycles. The van der Waals surface area contributed by atoms with Gasteiger partial charge in [0.2, 0.25) is 0 Å². The van der Waals surface area contributed by atoms with Gasteiger partial charge in [0.1, 0.15) is 12.2 Å². The van der Waals surface area contributed by atoms with Crippen LogP contribution < -0.4 is 0 Å². The summed E-state index contributed by atoms with van der Waals surface area (Å²) >= 11 is 0. The number of ether oxygens (including phenoxy) is 2. The molecule has 1 aliphatic carbocycles. The minimum Gasteiger partial charge on any atom is -0.458 e. The summed E-state index contributed by atoms with van der Waals surface area (Å²) in [5.74, 6) is -0.554. The largest absolute Gasteiger partial charge is 0.458 e. The van der Waals surface area contributed by atoms with Crippen LogP contribution in [0, 0.1) is 5.92 Å². The fraction of sp³-hybridized carbons (Fsp3) is 0.667. The maximum absolute atomic E-state index is 11.6. The van der Waals surface area contributed by atoms with E-state index in [-0.39, 0.29) is 30.1 Å². The van der Waals surface area contributed by atoms with Crippen LogP contribution in [-0.2, 0) is 19.1 Å². The zero-order valence-electron chi connectivity index (χ0n) is 9.56. The Labute approximate surface area is 94.6 Å². The van der Waals surface area contributed by atoms with Crippen molar-refractivity contribution in [3.05, 3.63) is 11.6 Å². The summed E-state index contributed by atoms with van der Waals surface area (Å²) in [7, 11) is 0. The molecular formula is C12H16O4. The first kappa shape index (κ1) is 11.2. The van der Waals surface area contributed by atoms with Crippen LogP contribution in [0.3, 0.4) is 0 Å². The van der Waals surface area contributed by atoms with E-state index in [1.165, 1.54) is 0 Å². The smallest absolute Gasteiger partial charge is 0.334 e. The van der Waals surface area contributed by atoms with Gasteiger partial charge in [-0.2, -0.15) is 0 Å². The van der Waals surface area contributed by atoms with E-state index in [1.54, 1.807) is 0 Å². The molecule has 0 N–H and O–H groups in total. The second-order valence-corrected chi connectivity index (χ2v) is 4.40. The average molecular weight is 224 g/mol. The fourth-order valence-electron chi connectivity index (χ4n) is 1.90. The molecule has 0 spiro atoms. The summed E-state index contributed by atoms with van der Waals surface area (Å²) in [6.07, 6.45) is 3.19. The van der Waals surface area contributed by atoms with Crippen LogP contribution in [0.15, 0.2) is 11.6 Å². The second-order valence-electron chi connectivity index (χ2n) is 4.40. The van der Waals surface area contributed by atoms with E-state index in [2.05, 4.69) is 0 Å².